The van der Waals surface area contributed by atoms with E-state index in [2.05, 4.69) is 43.9 Å². The lowest BCUT2D eigenvalue weighted by Crippen LogP contribution is -2.10. The Kier molecular flexibility index (Phi) is 2.81. The molecule has 0 saturated heterocycles. The Bertz CT molecular complexity index is 755. The monoisotopic (exact) mass is 277 g/mol. The standard InChI is InChI=1S/C16H15N5/c1-2-5-11(6-3-1)12-10-18-21-16(12)15-9-14(19-20-15)13-7-4-8-17-13/h1-8,10,14,17,19H,9H2,(H,18,21). The highest BCUT2D eigenvalue weighted by Crippen LogP contribution is 2.28. The van der Waals surface area contributed by atoms with Crippen LogP contribution in [0.1, 0.15) is 23.9 Å². The largest absolute Gasteiger partial charge is 0.363 e. The highest BCUT2D eigenvalue weighted by atomic mass is 15.3. The van der Waals surface area contributed by atoms with Gasteiger partial charge in [-0.2, -0.15) is 10.2 Å². The summed E-state index contributed by atoms with van der Waals surface area (Å²) >= 11 is 0. The molecule has 5 heteroatoms. The minimum Gasteiger partial charge on any atom is -0.363 e. The number of nitrogens with one attached hydrogen (secondary N) is 3. The Morgan fingerprint density at radius 3 is 2.76 bits per heavy atom. The molecule has 1 aromatic carbocycles. The molecular weight excluding hydrogens is 262 g/mol. The van der Waals surface area contributed by atoms with E-state index in [1.807, 2.05) is 36.7 Å². The molecule has 4 rings (SSSR count). The zero-order chi connectivity index (χ0) is 14.1. The van der Waals surface area contributed by atoms with Gasteiger partial charge in [-0.1, -0.05) is 30.3 Å². The average Bonchev–Trinajstić information content (AvgIpc) is 3.27. The fraction of sp³-hybridized carbons (Fsp3) is 0.125. The topological polar surface area (TPSA) is 68.9 Å². The first-order chi connectivity index (χ1) is 10.4. The maximum absolute atomic E-state index is 4.48. The molecule has 2 aromatic heterocycles. The van der Waals surface area contributed by atoms with Crippen LogP contribution in [0.3, 0.4) is 0 Å². The third-order valence-corrected chi connectivity index (χ3v) is 3.76. The molecule has 104 valence electrons. The molecule has 0 fully saturated rings. The van der Waals surface area contributed by atoms with Gasteiger partial charge in [-0.15, -0.1) is 0 Å². The lowest BCUT2D eigenvalue weighted by Gasteiger charge is -2.07. The van der Waals surface area contributed by atoms with Gasteiger partial charge in [0.2, 0.25) is 0 Å². The summed E-state index contributed by atoms with van der Waals surface area (Å²) in [6.07, 6.45) is 4.62. The molecule has 3 heterocycles. The summed E-state index contributed by atoms with van der Waals surface area (Å²) in [7, 11) is 0. The number of hydrazone groups is 1. The number of aromatic nitrogens is 3. The first-order valence-electron chi connectivity index (χ1n) is 6.96. The van der Waals surface area contributed by atoms with E-state index >= 15 is 0 Å². The smallest absolute Gasteiger partial charge is 0.0894 e. The van der Waals surface area contributed by atoms with Crippen LogP contribution in [0.2, 0.25) is 0 Å². The minimum absolute atomic E-state index is 0.196. The number of benzene rings is 1. The van der Waals surface area contributed by atoms with Crippen LogP contribution in [0.15, 0.2) is 60.0 Å². The number of rotatable bonds is 3. The summed E-state index contributed by atoms with van der Waals surface area (Å²) in [4.78, 5) is 3.23. The van der Waals surface area contributed by atoms with Crippen molar-refractivity contribution in [2.45, 2.75) is 12.5 Å². The fourth-order valence-corrected chi connectivity index (χ4v) is 2.68. The molecule has 3 aromatic rings. The number of aromatic amines is 2. The van der Waals surface area contributed by atoms with E-state index in [4.69, 9.17) is 0 Å². The van der Waals surface area contributed by atoms with E-state index in [1.165, 1.54) is 0 Å². The molecule has 21 heavy (non-hydrogen) atoms. The predicted octanol–water partition coefficient (Wildman–Crippen LogP) is 2.84. The Labute approximate surface area is 122 Å². The van der Waals surface area contributed by atoms with E-state index in [0.29, 0.717) is 0 Å². The lowest BCUT2D eigenvalue weighted by atomic mass is 10.0. The van der Waals surface area contributed by atoms with Gasteiger partial charge in [0.25, 0.3) is 0 Å². The zero-order valence-corrected chi connectivity index (χ0v) is 11.4. The third kappa shape index (κ3) is 2.12. The SMILES string of the molecule is c1ccc(-c2cn[nH]c2C2=NNC(c3ccc[nH]3)C2)cc1. The van der Waals surface area contributed by atoms with E-state index in [1.54, 1.807) is 0 Å². The van der Waals surface area contributed by atoms with Gasteiger partial charge in [0.1, 0.15) is 0 Å². The van der Waals surface area contributed by atoms with Crippen molar-refractivity contribution in [2.75, 3.05) is 0 Å². The van der Waals surface area contributed by atoms with Gasteiger partial charge in [-0.3, -0.25) is 5.10 Å². The zero-order valence-electron chi connectivity index (χ0n) is 11.4. The van der Waals surface area contributed by atoms with Crippen LogP contribution in [0, 0.1) is 0 Å². The maximum atomic E-state index is 4.48. The first kappa shape index (κ1) is 12.0. The van der Waals surface area contributed by atoms with Crippen molar-refractivity contribution in [1.82, 2.24) is 20.6 Å². The predicted molar refractivity (Wildman–Crippen MR) is 81.8 cm³/mol. The molecular formula is C16H15N5. The molecule has 3 N–H and O–H groups in total. The Hall–Kier alpha value is -2.82. The molecule has 1 aliphatic heterocycles. The summed E-state index contributed by atoms with van der Waals surface area (Å²) in [5.41, 5.74) is 8.56. The van der Waals surface area contributed by atoms with Crippen molar-refractivity contribution < 1.29 is 0 Å². The van der Waals surface area contributed by atoms with Crippen molar-refractivity contribution in [3.05, 3.63) is 66.2 Å². The summed E-state index contributed by atoms with van der Waals surface area (Å²) < 4.78 is 0. The van der Waals surface area contributed by atoms with Gasteiger partial charge in [0.05, 0.1) is 23.6 Å². The van der Waals surface area contributed by atoms with Crippen LogP contribution in [0.25, 0.3) is 11.1 Å². The van der Waals surface area contributed by atoms with Crippen molar-refractivity contribution >= 4 is 5.71 Å². The molecule has 1 unspecified atom stereocenters. The number of H-pyrrole nitrogens is 2. The van der Waals surface area contributed by atoms with E-state index in [0.717, 1.165) is 34.6 Å². The number of hydrogen-bond donors (Lipinski definition) is 3. The van der Waals surface area contributed by atoms with E-state index in [9.17, 15) is 0 Å². The number of hydrogen-bond acceptors (Lipinski definition) is 3. The quantitative estimate of drug-likeness (QED) is 0.689. The fourth-order valence-electron chi connectivity index (χ4n) is 2.68. The Morgan fingerprint density at radius 2 is 1.95 bits per heavy atom. The van der Waals surface area contributed by atoms with Gasteiger partial charge in [-0.25, -0.2) is 0 Å². The maximum Gasteiger partial charge on any atom is 0.0894 e. The summed E-state index contributed by atoms with van der Waals surface area (Å²) in [5.74, 6) is 0. The lowest BCUT2D eigenvalue weighted by molar-refractivity contribution is 0.606. The Balaban J connectivity index is 1.63. The Morgan fingerprint density at radius 1 is 1.05 bits per heavy atom. The normalized spacial score (nSPS) is 17.5. The van der Waals surface area contributed by atoms with Crippen LogP contribution in [0.4, 0.5) is 0 Å². The van der Waals surface area contributed by atoms with Gasteiger partial charge in [0.15, 0.2) is 0 Å². The van der Waals surface area contributed by atoms with Crippen LogP contribution < -0.4 is 5.43 Å². The second-order valence-electron chi connectivity index (χ2n) is 5.09. The minimum atomic E-state index is 0.196. The van der Waals surface area contributed by atoms with Crippen LogP contribution in [-0.2, 0) is 0 Å². The van der Waals surface area contributed by atoms with Crippen molar-refractivity contribution in [3.8, 4) is 11.1 Å². The molecule has 5 nitrogen and oxygen atoms in total. The second kappa shape index (κ2) is 4.94. The van der Waals surface area contributed by atoms with Gasteiger partial charge in [-0.05, 0) is 17.7 Å². The van der Waals surface area contributed by atoms with Crippen molar-refractivity contribution in [3.63, 3.8) is 0 Å². The van der Waals surface area contributed by atoms with Crippen molar-refractivity contribution in [1.29, 1.82) is 0 Å². The third-order valence-electron chi connectivity index (χ3n) is 3.76. The number of nitrogens with zero attached hydrogens (tertiary/aromatic N) is 2. The van der Waals surface area contributed by atoms with Crippen LogP contribution >= 0.6 is 0 Å². The average molecular weight is 277 g/mol. The van der Waals surface area contributed by atoms with Gasteiger partial charge < -0.3 is 10.4 Å². The van der Waals surface area contributed by atoms with Crippen LogP contribution in [0.5, 0.6) is 0 Å². The second-order valence-corrected chi connectivity index (χ2v) is 5.09. The van der Waals surface area contributed by atoms with Gasteiger partial charge >= 0.3 is 0 Å². The molecule has 0 amide bonds. The summed E-state index contributed by atoms with van der Waals surface area (Å²) in [6, 6.07) is 14.5. The van der Waals surface area contributed by atoms with Gasteiger partial charge in [0, 0.05) is 23.9 Å². The summed E-state index contributed by atoms with van der Waals surface area (Å²) in [6.45, 7) is 0. The molecule has 1 atom stereocenters. The summed E-state index contributed by atoms with van der Waals surface area (Å²) in [5, 5.41) is 11.7. The highest BCUT2D eigenvalue weighted by Gasteiger charge is 2.24. The molecule has 0 radical (unpaired) electrons. The highest BCUT2D eigenvalue weighted by molar-refractivity contribution is 6.05. The van der Waals surface area contributed by atoms with E-state index < -0.39 is 0 Å². The van der Waals surface area contributed by atoms with E-state index in [-0.39, 0.29) is 6.04 Å². The molecule has 1 aliphatic rings. The van der Waals surface area contributed by atoms with Crippen molar-refractivity contribution in [2.24, 2.45) is 5.10 Å². The molecule has 0 saturated carbocycles. The molecule has 0 aliphatic carbocycles. The van der Waals surface area contributed by atoms with Crippen LogP contribution in [-0.4, -0.2) is 20.9 Å². The first-order valence-corrected chi connectivity index (χ1v) is 6.96. The molecule has 0 spiro atoms. The molecule has 0 bridgehead atoms.